The molecule has 0 amide bonds. The van der Waals surface area contributed by atoms with Gasteiger partial charge in [-0.05, 0) is 56.7 Å². The Morgan fingerprint density at radius 1 is 0.600 bits per heavy atom. The summed E-state index contributed by atoms with van der Waals surface area (Å²) < 4.78 is 71.3. The quantitative estimate of drug-likeness (QED) is 0.237. The van der Waals surface area contributed by atoms with Crippen molar-refractivity contribution in [3.63, 3.8) is 0 Å². The lowest BCUT2D eigenvalue weighted by Crippen LogP contribution is -2.27. The Bertz CT molecular complexity index is 1310. The lowest BCUT2D eigenvalue weighted by atomic mass is 10.00. The van der Waals surface area contributed by atoms with Crippen molar-refractivity contribution >= 4 is 26.0 Å². The second-order valence-corrected chi connectivity index (χ2v) is 11.8. The van der Waals surface area contributed by atoms with Crippen LogP contribution in [0.15, 0.2) is 137 Å². The van der Waals surface area contributed by atoms with E-state index in [2.05, 4.69) is 0 Å². The molecule has 0 unspecified atom stereocenters. The Morgan fingerprint density at radius 2 is 0.943 bits per heavy atom. The SMILES string of the molecule is O=S(=O)(OS(C=C(c1ccccc1)c1ccccc1)(c1ccccc1)c1ccccc1)C(F)(F)F. The second kappa shape index (κ2) is 10.1. The molecule has 0 aliphatic rings. The van der Waals surface area contributed by atoms with Gasteiger partial charge in [0, 0.05) is 9.79 Å². The lowest BCUT2D eigenvalue weighted by molar-refractivity contribution is -0.0495. The van der Waals surface area contributed by atoms with Gasteiger partial charge in [0.05, 0.1) is 0 Å². The average Bonchev–Trinajstić information content (AvgIpc) is 2.88. The van der Waals surface area contributed by atoms with E-state index in [1.165, 1.54) is 5.41 Å². The molecule has 0 radical (unpaired) electrons. The topological polar surface area (TPSA) is 43.4 Å². The van der Waals surface area contributed by atoms with E-state index in [1.807, 2.05) is 60.7 Å². The van der Waals surface area contributed by atoms with E-state index in [9.17, 15) is 21.6 Å². The molecule has 0 fully saturated rings. The first kappa shape index (κ1) is 24.8. The summed E-state index contributed by atoms with van der Waals surface area (Å²) in [6.07, 6.45) is 0. The summed E-state index contributed by atoms with van der Waals surface area (Å²) in [7, 11) is -9.33. The summed E-state index contributed by atoms with van der Waals surface area (Å²) >= 11 is 0. The van der Waals surface area contributed by atoms with Crippen molar-refractivity contribution in [2.24, 2.45) is 0 Å². The van der Waals surface area contributed by atoms with Gasteiger partial charge in [-0.1, -0.05) is 97.1 Å². The molecule has 35 heavy (non-hydrogen) atoms. The summed E-state index contributed by atoms with van der Waals surface area (Å²) in [6, 6.07) is 34.4. The molecular weight excluding hydrogens is 493 g/mol. The van der Waals surface area contributed by atoms with Crippen molar-refractivity contribution in [1.82, 2.24) is 0 Å². The zero-order chi connectivity index (χ0) is 24.9. The molecule has 180 valence electrons. The van der Waals surface area contributed by atoms with Crippen molar-refractivity contribution in [2.45, 2.75) is 15.3 Å². The standard InChI is InChI=1S/C27H21F3O3S2/c28-27(29,30)35(31,32)33-34(24-17-9-3-10-18-24,25-19-11-4-12-20-25)21-26(22-13-5-1-6-14-22)23-15-7-2-8-16-23/h1-21H. The van der Waals surface area contributed by atoms with Crippen LogP contribution in [0.5, 0.6) is 0 Å². The van der Waals surface area contributed by atoms with Crippen molar-refractivity contribution in [3.8, 4) is 0 Å². The smallest absolute Gasteiger partial charge is 0.200 e. The first-order valence-electron chi connectivity index (χ1n) is 10.5. The number of hydrogen-bond acceptors (Lipinski definition) is 3. The van der Waals surface area contributed by atoms with Crippen LogP contribution in [0.4, 0.5) is 13.2 Å². The molecule has 0 aliphatic carbocycles. The zero-order valence-corrected chi connectivity index (χ0v) is 19.9. The molecule has 4 aromatic rings. The van der Waals surface area contributed by atoms with Gasteiger partial charge in [0.2, 0.25) is 0 Å². The van der Waals surface area contributed by atoms with E-state index in [0.29, 0.717) is 26.5 Å². The Hall–Kier alpha value is -3.33. The van der Waals surface area contributed by atoms with E-state index in [4.69, 9.17) is 3.63 Å². The molecular formula is C27H21F3O3S2. The third kappa shape index (κ3) is 5.35. The maximum absolute atomic E-state index is 13.7. The molecule has 3 nitrogen and oxygen atoms in total. The number of alkyl halides is 3. The van der Waals surface area contributed by atoms with Crippen LogP contribution in [0, 0.1) is 0 Å². The summed E-state index contributed by atoms with van der Waals surface area (Å²) in [5.41, 5.74) is -3.64. The van der Waals surface area contributed by atoms with Crippen LogP contribution >= 0.6 is 10.3 Å². The fourth-order valence-electron chi connectivity index (χ4n) is 3.50. The molecule has 0 heterocycles. The van der Waals surface area contributed by atoms with Crippen molar-refractivity contribution in [2.75, 3.05) is 0 Å². The van der Waals surface area contributed by atoms with Gasteiger partial charge in [-0.15, -0.1) is 0 Å². The van der Waals surface area contributed by atoms with Crippen molar-refractivity contribution in [3.05, 3.63) is 138 Å². The van der Waals surface area contributed by atoms with Crippen LogP contribution in [-0.4, -0.2) is 13.9 Å². The zero-order valence-electron chi connectivity index (χ0n) is 18.3. The third-order valence-electron chi connectivity index (χ3n) is 5.12. The maximum atomic E-state index is 13.7. The predicted molar refractivity (Wildman–Crippen MR) is 133 cm³/mol. The second-order valence-electron chi connectivity index (χ2n) is 7.46. The van der Waals surface area contributed by atoms with Crippen LogP contribution in [0.1, 0.15) is 11.1 Å². The van der Waals surface area contributed by atoms with Crippen molar-refractivity contribution in [1.29, 1.82) is 0 Å². The van der Waals surface area contributed by atoms with Crippen molar-refractivity contribution < 1.29 is 25.2 Å². The summed E-state index contributed by atoms with van der Waals surface area (Å²) in [6.45, 7) is 0. The molecule has 0 spiro atoms. The Balaban J connectivity index is 2.11. The van der Waals surface area contributed by atoms with E-state index in [-0.39, 0.29) is 0 Å². The fourth-order valence-corrected chi connectivity index (χ4v) is 8.00. The normalized spacial score (nSPS) is 12.7. The summed E-state index contributed by atoms with van der Waals surface area (Å²) in [4.78, 5) is 0.617. The predicted octanol–water partition coefficient (Wildman–Crippen LogP) is 7.78. The van der Waals surface area contributed by atoms with E-state index in [1.54, 1.807) is 60.7 Å². The molecule has 0 bridgehead atoms. The van der Waals surface area contributed by atoms with E-state index in [0.717, 1.165) is 0 Å². The number of rotatable bonds is 7. The summed E-state index contributed by atoms with van der Waals surface area (Å²) in [5, 5.41) is 1.53. The molecule has 0 N–H and O–H groups in total. The molecule has 0 atom stereocenters. The van der Waals surface area contributed by atoms with Crippen LogP contribution in [0.2, 0.25) is 0 Å². The van der Waals surface area contributed by atoms with Gasteiger partial charge >= 0.3 is 15.6 Å². The van der Waals surface area contributed by atoms with Gasteiger partial charge < -0.3 is 0 Å². The highest BCUT2D eigenvalue weighted by atomic mass is 32.3. The van der Waals surface area contributed by atoms with Crippen LogP contribution in [-0.2, 0) is 13.7 Å². The van der Waals surface area contributed by atoms with Gasteiger partial charge in [0.1, 0.15) is 0 Å². The molecule has 0 saturated heterocycles. The Morgan fingerprint density at radius 3 is 1.29 bits per heavy atom. The van der Waals surface area contributed by atoms with Crippen LogP contribution in [0.25, 0.3) is 5.57 Å². The Kier molecular flexibility index (Phi) is 7.16. The monoisotopic (exact) mass is 514 g/mol. The van der Waals surface area contributed by atoms with Gasteiger partial charge in [-0.2, -0.15) is 21.6 Å². The number of hydrogen-bond donors (Lipinski definition) is 0. The van der Waals surface area contributed by atoms with E-state index < -0.39 is 25.9 Å². The summed E-state index contributed by atoms with van der Waals surface area (Å²) in [5.74, 6) is 0. The highest BCUT2D eigenvalue weighted by molar-refractivity contribution is 8.35. The van der Waals surface area contributed by atoms with Gasteiger partial charge in [0.15, 0.2) is 0 Å². The number of benzene rings is 4. The van der Waals surface area contributed by atoms with Gasteiger partial charge in [-0.3, -0.25) is 0 Å². The van der Waals surface area contributed by atoms with Crippen LogP contribution in [0.3, 0.4) is 0 Å². The molecule has 0 aromatic heterocycles. The minimum Gasteiger partial charge on any atom is -0.200 e. The number of halogens is 3. The lowest BCUT2D eigenvalue weighted by Gasteiger charge is -2.37. The largest absolute Gasteiger partial charge is 0.524 e. The highest BCUT2D eigenvalue weighted by Crippen LogP contribution is 2.67. The molecule has 0 aliphatic heterocycles. The maximum Gasteiger partial charge on any atom is 0.524 e. The van der Waals surface area contributed by atoms with Gasteiger partial charge in [0.25, 0.3) is 0 Å². The minimum atomic E-state index is -5.97. The molecule has 4 rings (SSSR count). The minimum absolute atomic E-state index is 0.309. The third-order valence-corrected chi connectivity index (χ3v) is 9.78. The fraction of sp³-hybridized carbons (Fsp3) is 0.0370. The highest BCUT2D eigenvalue weighted by Gasteiger charge is 2.51. The first-order valence-corrected chi connectivity index (χ1v) is 13.5. The van der Waals surface area contributed by atoms with Crippen LogP contribution < -0.4 is 0 Å². The first-order chi connectivity index (χ1) is 16.7. The van der Waals surface area contributed by atoms with E-state index >= 15 is 0 Å². The Labute approximate surface area is 204 Å². The molecule has 8 heteroatoms. The molecule has 0 saturated carbocycles. The molecule has 4 aromatic carbocycles. The average molecular weight is 515 g/mol. The van der Waals surface area contributed by atoms with Gasteiger partial charge in [-0.25, -0.2) is 3.63 Å².